The molecule has 0 spiro atoms. The smallest absolute Gasteiger partial charge is 0.151 e. The highest BCUT2D eigenvalue weighted by Gasteiger charge is 2.09. The second-order valence-electron chi connectivity index (χ2n) is 2.71. The average Bonchev–Trinajstić information content (AvgIpc) is 2.56. The van der Waals surface area contributed by atoms with E-state index in [9.17, 15) is 0 Å². The third-order valence-electron chi connectivity index (χ3n) is 1.64. The lowest BCUT2D eigenvalue weighted by Crippen LogP contribution is -1.93. The van der Waals surface area contributed by atoms with E-state index in [4.69, 9.17) is 5.73 Å². The summed E-state index contributed by atoms with van der Waals surface area (Å²) in [5.74, 6) is 0.476. The first-order chi connectivity index (χ1) is 6.66. The van der Waals surface area contributed by atoms with Crippen molar-refractivity contribution in [2.24, 2.45) is 0 Å². The molecule has 0 atom stereocenters. The van der Waals surface area contributed by atoms with Crippen molar-refractivity contribution in [3.8, 4) is 10.6 Å². The van der Waals surface area contributed by atoms with Gasteiger partial charge in [-0.15, -0.1) is 10.2 Å². The molecule has 2 aromatic rings. The molecule has 2 rings (SSSR count). The van der Waals surface area contributed by atoms with Crippen molar-refractivity contribution in [3.05, 3.63) is 21.7 Å². The fraction of sp³-hybridized carbons (Fsp3) is 0.125. The zero-order valence-electron chi connectivity index (χ0n) is 7.36. The number of nitrogens with two attached hydrogens (primary N) is 1. The first-order valence-electron chi connectivity index (χ1n) is 3.88. The predicted octanol–water partition coefficient (Wildman–Crippen LogP) is 2.25. The lowest BCUT2D eigenvalue weighted by atomic mass is 10.3. The van der Waals surface area contributed by atoms with E-state index < -0.39 is 0 Å². The molecule has 4 nitrogen and oxygen atoms in total. The fourth-order valence-corrected chi connectivity index (χ4v) is 2.07. The molecule has 6 heteroatoms. The van der Waals surface area contributed by atoms with Crippen LogP contribution in [0.1, 0.15) is 5.01 Å². The molecular weight excluding hydrogens is 264 g/mol. The Balaban J connectivity index is 2.55. The standard InChI is InChI=1S/C8H7BrN4S/c1-4-12-13-8(14-4)6-2-5(9)3-11-7(6)10/h2-3H,1H3,(H2,10,11). The summed E-state index contributed by atoms with van der Waals surface area (Å²) in [6.45, 7) is 1.91. The van der Waals surface area contributed by atoms with Crippen LogP contribution in [-0.2, 0) is 0 Å². The molecule has 0 saturated carbocycles. The summed E-state index contributed by atoms with van der Waals surface area (Å²) in [7, 11) is 0. The van der Waals surface area contributed by atoms with Crippen LogP contribution in [0.15, 0.2) is 16.7 Å². The highest BCUT2D eigenvalue weighted by atomic mass is 79.9. The van der Waals surface area contributed by atoms with E-state index in [-0.39, 0.29) is 0 Å². The van der Waals surface area contributed by atoms with Crippen molar-refractivity contribution in [1.82, 2.24) is 15.2 Å². The van der Waals surface area contributed by atoms with Gasteiger partial charge in [-0.25, -0.2) is 4.98 Å². The first kappa shape index (κ1) is 9.54. The minimum Gasteiger partial charge on any atom is -0.383 e. The molecule has 14 heavy (non-hydrogen) atoms. The lowest BCUT2D eigenvalue weighted by Gasteiger charge is -1.99. The Kier molecular flexibility index (Phi) is 2.47. The predicted molar refractivity (Wildman–Crippen MR) is 60.0 cm³/mol. The zero-order chi connectivity index (χ0) is 10.1. The van der Waals surface area contributed by atoms with E-state index in [1.165, 1.54) is 11.3 Å². The molecule has 2 heterocycles. The molecule has 0 aliphatic carbocycles. The van der Waals surface area contributed by atoms with Crippen molar-refractivity contribution in [3.63, 3.8) is 0 Å². The van der Waals surface area contributed by atoms with E-state index in [1.54, 1.807) is 6.20 Å². The first-order valence-corrected chi connectivity index (χ1v) is 5.49. The molecule has 0 fully saturated rings. The molecule has 0 unspecified atom stereocenters. The number of nitrogens with zero attached hydrogens (tertiary/aromatic N) is 3. The number of anilines is 1. The van der Waals surface area contributed by atoms with Gasteiger partial charge in [-0.05, 0) is 28.9 Å². The summed E-state index contributed by atoms with van der Waals surface area (Å²) in [6, 6.07) is 1.89. The minimum absolute atomic E-state index is 0.476. The van der Waals surface area contributed by atoms with Gasteiger partial charge in [-0.2, -0.15) is 0 Å². The second kappa shape index (κ2) is 3.62. The Morgan fingerprint density at radius 3 is 2.86 bits per heavy atom. The highest BCUT2D eigenvalue weighted by molar-refractivity contribution is 9.10. The third-order valence-corrected chi connectivity index (χ3v) is 2.95. The van der Waals surface area contributed by atoms with Crippen molar-refractivity contribution < 1.29 is 0 Å². The third kappa shape index (κ3) is 1.76. The summed E-state index contributed by atoms with van der Waals surface area (Å²) in [5.41, 5.74) is 6.56. The lowest BCUT2D eigenvalue weighted by molar-refractivity contribution is 1.05. The van der Waals surface area contributed by atoms with Crippen LogP contribution in [0.3, 0.4) is 0 Å². The average molecular weight is 271 g/mol. The van der Waals surface area contributed by atoms with Crippen molar-refractivity contribution in [2.75, 3.05) is 5.73 Å². The minimum atomic E-state index is 0.476. The van der Waals surface area contributed by atoms with Gasteiger partial charge >= 0.3 is 0 Å². The largest absolute Gasteiger partial charge is 0.383 e. The number of halogens is 1. The van der Waals surface area contributed by atoms with E-state index in [1.807, 2.05) is 13.0 Å². The molecule has 0 aliphatic rings. The number of nitrogen functional groups attached to an aromatic ring is 1. The summed E-state index contributed by atoms with van der Waals surface area (Å²) < 4.78 is 0.884. The molecule has 0 amide bonds. The Morgan fingerprint density at radius 1 is 1.43 bits per heavy atom. The van der Waals surface area contributed by atoms with Gasteiger partial charge in [0.2, 0.25) is 0 Å². The number of rotatable bonds is 1. The van der Waals surface area contributed by atoms with Crippen LogP contribution < -0.4 is 5.73 Å². The van der Waals surface area contributed by atoms with Gasteiger partial charge in [0.1, 0.15) is 10.8 Å². The van der Waals surface area contributed by atoms with E-state index in [0.717, 1.165) is 20.1 Å². The maximum Gasteiger partial charge on any atom is 0.151 e. The Morgan fingerprint density at radius 2 is 2.21 bits per heavy atom. The molecule has 2 aromatic heterocycles. The summed E-state index contributed by atoms with van der Waals surface area (Å²) >= 11 is 4.84. The maximum atomic E-state index is 5.74. The van der Waals surface area contributed by atoms with E-state index in [0.29, 0.717) is 5.82 Å². The number of aryl methyl sites for hydroxylation is 1. The van der Waals surface area contributed by atoms with Crippen molar-refractivity contribution >= 4 is 33.1 Å². The number of hydrogen-bond donors (Lipinski definition) is 1. The highest BCUT2D eigenvalue weighted by Crippen LogP contribution is 2.29. The number of hydrogen-bond acceptors (Lipinski definition) is 5. The Bertz CT molecular complexity index is 468. The summed E-state index contributed by atoms with van der Waals surface area (Å²) in [6.07, 6.45) is 1.66. The molecule has 0 aromatic carbocycles. The quantitative estimate of drug-likeness (QED) is 0.864. The van der Waals surface area contributed by atoms with E-state index in [2.05, 4.69) is 31.1 Å². The summed E-state index contributed by atoms with van der Waals surface area (Å²) in [5, 5.41) is 9.67. The van der Waals surface area contributed by atoms with Gasteiger partial charge in [0.25, 0.3) is 0 Å². The van der Waals surface area contributed by atoms with Crippen LogP contribution in [0.2, 0.25) is 0 Å². The summed E-state index contributed by atoms with van der Waals surface area (Å²) in [4.78, 5) is 4.03. The van der Waals surface area contributed by atoms with Crippen molar-refractivity contribution in [1.29, 1.82) is 0 Å². The number of aromatic nitrogens is 3. The van der Waals surface area contributed by atoms with Gasteiger partial charge < -0.3 is 5.73 Å². The van der Waals surface area contributed by atoms with Crippen LogP contribution in [0.5, 0.6) is 0 Å². The van der Waals surface area contributed by atoms with Gasteiger partial charge in [0.15, 0.2) is 5.01 Å². The van der Waals surface area contributed by atoms with Crippen LogP contribution in [0, 0.1) is 6.92 Å². The molecular formula is C8H7BrN4S. The maximum absolute atomic E-state index is 5.74. The van der Waals surface area contributed by atoms with Gasteiger partial charge in [-0.3, -0.25) is 0 Å². The molecule has 2 N–H and O–H groups in total. The molecule has 72 valence electrons. The number of pyridine rings is 1. The van der Waals surface area contributed by atoms with Crippen LogP contribution in [0.4, 0.5) is 5.82 Å². The molecule has 0 radical (unpaired) electrons. The van der Waals surface area contributed by atoms with Crippen LogP contribution in [0.25, 0.3) is 10.6 Å². The van der Waals surface area contributed by atoms with Gasteiger partial charge in [0, 0.05) is 10.7 Å². The molecule has 0 saturated heterocycles. The fourth-order valence-electron chi connectivity index (χ4n) is 1.03. The molecule has 0 aliphatic heterocycles. The van der Waals surface area contributed by atoms with Crippen LogP contribution in [-0.4, -0.2) is 15.2 Å². The Labute approximate surface area is 93.3 Å². The zero-order valence-corrected chi connectivity index (χ0v) is 9.76. The van der Waals surface area contributed by atoms with E-state index >= 15 is 0 Å². The van der Waals surface area contributed by atoms with Gasteiger partial charge in [0.05, 0.1) is 5.56 Å². The second-order valence-corrected chi connectivity index (χ2v) is 4.81. The monoisotopic (exact) mass is 270 g/mol. The van der Waals surface area contributed by atoms with Crippen LogP contribution >= 0.6 is 27.3 Å². The van der Waals surface area contributed by atoms with Gasteiger partial charge in [-0.1, -0.05) is 11.3 Å². The Hall–Kier alpha value is -1.01. The normalized spacial score (nSPS) is 10.4. The SMILES string of the molecule is Cc1nnc(-c2cc(Br)cnc2N)s1. The molecule has 0 bridgehead atoms. The van der Waals surface area contributed by atoms with Crippen molar-refractivity contribution in [2.45, 2.75) is 6.92 Å². The topological polar surface area (TPSA) is 64.7 Å².